The van der Waals surface area contributed by atoms with Gasteiger partial charge in [0.05, 0.1) is 0 Å². The van der Waals surface area contributed by atoms with Crippen LogP contribution in [0.4, 0.5) is 0 Å². The lowest BCUT2D eigenvalue weighted by Gasteiger charge is -2.30. The van der Waals surface area contributed by atoms with Gasteiger partial charge in [0, 0.05) is 18.6 Å². The van der Waals surface area contributed by atoms with Crippen LogP contribution in [-0.4, -0.2) is 30.1 Å². The van der Waals surface area contributed by atoms with Crippen LogP contribution in [0.25, 0.3) is 0 Å². The molecule has 1 aliphatic heterocycles. The van der Waals surface area contributed by atoms with E-state index < -0.39 is 0 Å². The molecule has 0 spiro atoms. The van der Waals surface area contributed by atoms with E-state index in [1.54, 1.807) is 0 Å². The van der Waals surface area contributed by atoms with Crippen molar-refractivity contribution in [3.05, 3.63) is 0 Å². The van der Waals surface area contributed by atoms with Gasteiger partial charge in [0.25, 0.3) is 0 Å². The summed E-state index contributed by atoms with van der Waals surface area (Å²) in [5.41, 5.74) is 5.90. The number of rotatable bonds is 4. The minimum absolute atomic E-state index is 0.586. The fraction of sp³-hybridized carbons (Fsp3) is 1.00. The summed E-state index contributed by atoms with van der Waals surface area (Å²) in [5.74, 6) is 3.50. The van der Waals surface area contributed by atoms with Gasteiger partial charge >= 0.3 is 0 Å². The van der Waals surface area contributed by atoms with E-state index in [1.807, 2.05) is 0 Å². The molecular formula is C12H24N2S. The zero-order valence-corrected chi connectivity index (χ0v) is 10.4. The van der Waals surface area contributed by atoms with Gasteiger partial charge in [0.2, 0.25) is 0 Å². The Morgan fingerprint density at radius 3 is 2.60 bits per heavy atom. The van der Waals surface area contributed by atoms with Gasteiger partial charge in [-0.1, -0.05) is 19.3 Å². The van der Waals surface area contributed by atoms with Crippen molar-refractivity contribution < 1.29 is 0 Å². The molecule has 1 saturated carbocycles. The Hall–Kier alpha value is 0.270. The monoisotopic (exact) mass is 228 g/mol. The third kappa shape index (κ3) is 3.36. The molecule has 3 heteroatoms. The molecule has 1 saturated heterocycles. The first-order chi connectivity index (χ1) is 7.40. The van der Waals surface area contributed by atoms with Gasteiger partial charge < -0.3 is 11.1 Å². The first-order valence-electron chi connectivity index (χ1n) is 6.44. The van der Waals surface area contributed by atoms with Crippen LogP contribution < -0.4 is 11.1 Å². The van der Waals surface area contributed by atoms with Crippen molar-refractivity contribution in [3.8, 4) is 0 Å². The Morgan fingerprint density at radius 1 is 1.20 bits per heavy atom. The van der Waals surface area contributed by atoms with Gasteiger partial charge in [0.15, 0.2) is 0 Å². The van der Waals surface area contributed by atoms with Crippen LogP contribution >= 0.6 is 11.8 Å². The highest BCUT2D eigenvalue weighted by Crippen LogP contribution is 2.27. The van der Waals surface area contributed by atoms with Crippen molar-refractivity contribution >= 4 is 11.8 Å². The predicted octanol–water partition coefficient (Wildman–Crippen LogP) is 1.99. The van der Waals surface area contributed by atoms with Crippen molar-refractivity contribution in [2.75, 3.05) is 18.1 Å². The highest BCUT2D eigenvalue weighted by atomic mass is 32.2. The average Bonchev–Trinajstić information content (AvgIpc) is 2.81. The fourth-order valence-corrected chi connectivity index (χ4v) is 4.18. The maximum Gasteiger partial charge on any atom is 0.0229 e. The lowest BCUT2D eigenvalue weighted by Crippen LogP contribution is -2.48. The van der Waals surface area contributed by atoms with E-state index in [9.17, 15) is 0 Å². The third-order valence-electron chi connectivity index (χ3n) is 3.84. The largest absolute Gasteiger partial charge is 0.329 e. The third-order valence-corrected chi connectivity index (χ3v) is 5.03. The quantitative estimate of drug-likeness (QED) is 0.773. The number of hydrogen-bond acceptors (Lipinski definition) is 3. The van der Waals surface area contributed by atoms with Gasteiger partial charge in [-0.15, -0.1) is 0 Å². The van der Waals surface area contributed by atoms with Crippen molar-refractivity contribution in [1.29, 1.82) is 0 Å². The van der Waals surface area contributed by atoms with Crippen LogP contribution in [0.15, 0.2) is 0 Å². The molecule has 0 bridgehead atoms. The second kappa shape index (κ2) is 6.12. The lowest BCUT2D eigenvalue weighted by atomic mass is 9.92. The molecule has 0 amide bonds. The smallest absolute Gasteiger partial charge is 0.0229 e. The summed E-state index contributed by atoms with van der Waals surface area (Å²) < 4.78 is 0. The molecule has 2 fully saturated rings. The van der Waals surface area contributed by atoms with E-state index in [0.29, 0.717) is 6.04 Å². The predicted molar refractivity (Wildman–Crippen MR) is 68.3 cm³/mol. The van der Waals surface area contributed by atoms with Crippen LogP contribution in [0.5, 0.6) is 0 Å². The Kier molecular flexibility index (Phi) is 4.79. The van der Waals surface area contributed by atoms with E-state index >= 15 is 0 Å². The van der Waals surface area contributed by atoms with E-state index in [2.05, 4.69) is 17.1 Å². The lowest BCUT2D eigenvalue weighted by molar-refractivity contribution is 0.294. The Bertz CT molecular complexity index is 174. The molecule has 1 heterocycles. The molecule has 1 aliphatic carbocycles. The minimum atomic E-state index is 0.586. The molecule has 15 heavy (non-hydrogen) atoms. The summed E-state index contributed by atoms with van der Waals surface area (Å²) in [5, 5.41) is 3.81. The van der Waals surface area contributed by atoms with Gasteiger partial charge in [-0.2, -0.15) is 11.8 Å². The maximum absolute atomic E-state index is 5.90. The molecule has 2 nitrogen and oxygen atoms in total. The van der Waals surface area contributed by atoms with Crippen LogP contribution in [-0.2, 0) is 0 Å². The molecule has 3 N–H and O–H groups in total. The second-order valence-electron chi connectivity index (χ2n) is 4.97. The van der Waals surface area contributed by atoms with Crippen LogP contribution in [0.3, 0.4) is 0 Å². The molecular weight excluding hydrogens is 204 g/mol. The summed E-state index contributed by atoms with van der Waals surface area (Å²) in [6, 6.07) is 1.35. The minimum Gasteiger partial charge on any atom is -0.329 e. The molecule has 2 atom stereocenters. The first-order valence-corrected chi connectivity index (χ1v) is 7.59. The van der Waals surface area contributed by atoms with Crippen LogP contribution in [0.1, 0.15) is 38.5 Å². The highest BCUT2D eigenvalue weighted by molar-refractivity contribution is 7.99. The number of nitrogens with two attached hydrogens (primary N) is 1. The number of thioether (sulfide) groups is 1. The molecule has 0 radical (unpaired) electrons. The molecule has 2 unspecified atom stereocenters. The summed E-state index contributed by atoms with van der Waals surface area (Å²) in [4.78, 5) is 0. The van der Waals surface area contributed by atoms with Crippen molar-refractivity contribution in [2.45, 2.75) is 50.6 Å². The molecule has 0 aromatic carbocycles. The van der Waals surface area contributed by atoms with E-state index in [1.165, 1.54) is 50.0 Å². The van der Waals surface area contributed by atoms with Crippen LogP contribution in [0.2, 0.25) is 0 Å². The summed E-state index contributed by atoms with van der Waals surface area (Å²) in [7, 11) is 0. The van der Waals surface area contributed by atoms with E-state index in [0.717, 1.165) is 18.5 Å². The topological polar surface area (TPSA) is 38.0 Å². The first kappa shape index (κ1) is 11.7. The standard InChI is InChI=1S/C12H24N2S/c13-8-12(10-6-7-15-9-10)14-11-4-2-1-3-5-11/h10-12,14H,1-9,13H2. The Balaban J connectivity index is 1.78. The van der Waals surface area contributed by atoms with E-state index in [4.69, 9.17) is 5.73 Å². The summed E-state index contributed by atoms with van der Waals surface area (Å²) in [6.45, 7) is 0.821. The SMILES string of the molecule is NCC(NC1CCCCC1)C1CCSC1. The number of hydrogen-bond donors (Lipinski definition) is 2. The normalized spacial score (nSPS) is 30.6. The second-order valence-corrected chi connectivity index (χ2v) is 6.12. The van der Waals surface area contributed by atoms with Crippen LogP contribution in [0, 0.1) is 5.92 Å². The molecule has 0 aromatic rings. The van der Waals surface area contributed by atoms with Crippen molar-refractivity contribution in [2.24, 2.45) is 11.7 Å². The highest BCUT2D eigenvalue weighted by Gasteiger charge is 2.26. The van der Waals surface area contributed by atoms with Gasteiger partial charge in [-0.25, -0.2) is 0 Å². The average molecular weight is 228 g/mol. The molecule has 2 aliphatic rings. The van der Waals surface area contributed by atoms with Crippen molar-refractivity contribution in [1.82, 2.24) is 5.32 Å². The van der Waals surface area contributed by atoms with Crippen molar-refractivity contribution in [3.63, 3.8) is 0 Å². The molecule has 0 aromatic heterocycles. The zero-order chi connectivity index (χ0) is 10.5. The molecule has 88 valence electrons. The maximum atomic E-state index is 5.90. The Labute approximate surface area is 97.8 Å². The molecule has 2 rings (SSSR count). The zero-order valence-electron chi connectivity index (χ0n) is 9.58. The van der Waals surface area contributed by atoms with E-state index in [-0.39, 0.29) is 0 Å². The Morgan fingerprint density at radius 2 is 2.00 bits per heavy atom. The fourth-order valence-electron chi connectivity index (χ4n) is 2.84. The summed E-state index contributed by atoms with van der Waals surface area (Å²) >= 11 is 2.09. The number of nitrogens with one attached hydrogen (secondary N) is 1. The van der Waals surface area contributed by atoms with Gasteiger partial charge in [-0.3, -0.25) is 0 Å². The summed E-state index contributed by atoms with van der Waals surface area (Å²) in [6.07, 6.45) is 8.37. The van der Waals surface area contributed by atoms with Gasteiger partial charge in [0.1, 0.15) is 0 Å². The van der Waals surface area contributed by atoms with Gasteiger partial charge in [-0.05, 0) is 36.7 Å².